The molecule has 10 heteroatoms. The number of rotatable bonds is 5. The first-order valence-electron chi connectivity index (χ1n) is 7.80. The van der Waals surface area contributed by atoms with Crippen LogP contribution in [0.3, 0.4) is 0 Å². The minimum atomic E-state index is -4.73. The van der Waals surface area contributed by atoms with Gasteiger partial charge in [0.05, 0.1) is 18.5 Å². The third-order valence-electron chi connectivity index (χ3n) is 3.74. The molecule has 0 saturated heterocycles. The van der Waals surface area contributed by atoms with Gasteiger partial charge in [-0.25, -0.2) is 13.9 Å². The molecule has 0 fully saturated rings. The first-order chi connectivity index (χ1) is 12.8. The lowest BCUT2D eigenvalue weighted by Crippen LogP contribution is -2.27. The highest BCUT2D eigenvalue weighted by atomic mass is 19.4. The highest BCUT2D eigenvalue weighted by Crippen LogP contribution is 2.32. The zero-order valence-electron chi connectivity index (χ0n) is 14.0. The summed E-state index contributed by atoms with van der Waals surface area (Å²) in [5.74, 6) is -1.16. The van der Waals surface area contributed by atoms with Crippen LogP contribution in [0.25, 0.3) is 16.9 Å². The van der Waals surface area contributed by atoms with Gasteiger partial charge in [-0.15, -0.1) is 0 Å². The Hall–Kier alpha value is -3.01. The number of fused-ring (bicyclic) bond motifs is 1. The van der Waals surface area contributed by atoms with Crippen molar-refractivity contribution in [3.8, 4) is 11.3 Å². The number of methoxy groups -OCH3 is 1. The maximum Gasteiger partial charge on any atom is 0.433 e. The van der Waals surface area contributed by atoms with Crippen molar-refractivity contribution >= 4 is 11.6 Å². The van der Waals surface area contributed by atoms with Crippen LogP contribution in [0.15, 0.2) is 36.5 Å². The molecule has 0 unspecified atom stereocenters. The first-order valence-corrected chi connectivity index (χ1v) is 7.80. The molecule has 0 aliphatic carbocycles. The van der Waals surface area contributed by atoms with Crippen LogP contribution in [-0.4, -0.2) is 40.8 Å². The van der Waals surface area contributed by atoms with E-state index in [4.69, 9.17) is 4.74 Å². The van der Waals surface area contributed by atoms with E-state index < -0.39 is 23.6 Å². The third-order valence-corrected chi connectivity index (χ3v) is 3.74. The standard InChI is InChI=1S/C17H14F4N4O2/c1-27-7-6-22-16(26)12-9-23-25-14(17(19,20)21)8-13(24-15(12)25)10-2-4-11(18)5-3-10/h2-5,8-9H,6-7H2,1H3,(H,22,26). The lowest BCUT2D eigenvalue weighted by atomic mass is 10.1. The normalized spacial score (nSPS) is 11.7. The summed E-state index contributed by atoms with van der Waals surface area (Å²) in [5.41, 5.74) is -1.24. The van der Waals surface area contributed by atoms with Crippen molar-refractivity contribution in [1.82, 2.24) is 19.9 Å². The molecule has 0 radical (unpaired) electrons. The number of amides is 1. The molecule has 3 aromatic rings. The minimum absolute atomic E-state index is 0.0544. The summed E-state index contributed by atoms with van der Waals surface area (Å²) in [7, 11) is 1.45. The number of carbonyl (C=O) groups excluding carboxylic acids is 1. The van der Waals surface area contributed by atoms with Crippen molar-refractivity contribution in [2.45, 2.75) is 6.18 Å². The number of aromatic nitrogens is 3. The second-order valence-corrected chi connectivity index (χ2v) is 5.57. The summed E-state index contributed by atoms with van der Waals surface area (Å²) < 4.78 is 58.9. The van der Waals surface area contributed by atoms with Crippen LogP contribution in [0, 0.1) is 5.82 Å². The van der Waals surface area contributed by atoms with Gasteiger partial charge in [0.1, 0.15) is 11.4 Å². The molecule has 2 heterocycles. The van der Waals surface area contributed by atoms with E-state index in [1.54, 1.807) is 0 Å². The van der Waals surface area contributed by atoms with Gasteiger partial charge in [-0.1, -0.05) is 0 Å². The highest BCUT2D eigenvalue weighted by molar-refractivity contribution is 5.99. The van der Waals surface area contributed by atoms with Gasteiger partial charge in [-0.3, -0.25) is 4.79 Å². The monoisotopic (exact) mass is 382 g/mol. The molecular weight excluding hydrogens is 368 g/mol. The molecule has 0 spiro atoms. The van der Waals surface area contributed by atoms with E-state index in [0.29, 0.717) is 4.52 Å². The Morgan fingerprint density at radius 3 is 2.59 bits per heavy atom. The zero-order valence-corrected chi connectivity index (χ0v) is 14.0. The van der Waals surface area contributed by atoms with Crippen LogP contribution >= 0.6 is 0 Å². The molecular formula is C17H14F4N4O2. The van der Waals surface area contributed by atoms with Crippen molar-refractivity contribution < 1.29 is 27.1 Å². The molecule has 3 rings (SSSR count). The fourth-order valence-corrected chi connectivity index (χ4v) is 2.46. The molecule has 1 aromatic carbocycles. The fourth-order valence-electron chi connectivity index (χ4n) is 2.46. The number of hydrogen-bond donors (Lipinski definition) is 1. The van der Waals surface area contributed by atoms with Gasteiger partial charge in [0.2, 0.25) is 0 Å². The van der Waals surface area contributed by atoms with E-state index in [2.05, 4.69) is 15.4 Å². The van der Waals surface area contributed by atoms with E-state index in [-0.39, 0.29) is 35.6 Å². The van der Waals surface area contributed by atoms with Crippen LogP contribution in [0.4, 0.5) is 17.6 Å². The molecule has 0 bridgehead atoms. The summed E-state index contributed by atoms with van der Waals surface area (Å²) in [6.07, 6.45) is -3.71. The molecule has 0 atom stereocenters. The van der Waals surface area contributed by atoms with Crippen molar-refractivity contribution in [2.75, 3.05) is 20.3 Å². The minimum Gasteiger partial charge on any atom is -0.383 e. The Labute approximate surface area is 150 Å². The van der Waals surface area contributed by atoms with Crippen molar-refractivity contribution in [3.05, 3.63) is 53.6 Å². The summed E-state index contributed by atoms with van der Waals surface area (Å²) >= 11 is 0. The Morgan fingerprint density at radius 1 is 1.26 bits per heavy atom. The maximum atomic E-state index is 13.5. The molecule has 0 aliphatic heterocycles. The molecule has 0 aliphatic rings. The Bertz CT molecular complexity index is 967. The molecule has 1 amide bonds. The van der Waals surface area contributed by atoms with Crippen LogP contribution in [0.5, 0.6) is 0 Å². The maximum absolute atomic E-state index is 13.5. The molecule has 0 saturated carbocycles. The van der Waals surface area contributed by atoms with Crippen LogP contribution < -0.4 is 5.32 Å². The van der Waals surface area contributed by atoms with Crippen LogP contribution in [-0.2, 0) is 10.9 Å². The van der Waals surface area contributed by atoms with E-state index >= 15 is 0 Å². The van der Waals surface area contributed by atoms with Crippen molar-refractivity contribution in [1.29, 1.82) is 0 Å². The number of carbonyl (C=O) groups is 1. The number of benzene rings is 1. The topological polar surface area (TPSA) is 68.5 Å². The van der Waals surface area contributed by atoms with Gasteiger partial charge in [0.25, 0.3) is 5.91 Å². The molecule has 1 N–H and O–H groups in total. The van der Waals surface area contributed by atoms with Gasteiger partial charge in [-0.05, 0) is 30.3 Å². The molecule has 142 valence electrons. The molecule has 27 heavy (non-hydrogen) atoms. The van der Waals surface area contributed by atoms with E-state index in [1.165, 1.54) is 19.2 Å². The average Bonchev–Trinajstić information content (AvgIpc) is 3.04. The number of halogens is 4. The highest BCUT2D eigenvalue weighted by Gasteiger charge is 2.36. The number of nitrogens with one attached hydrogen (secondary N) is 1. The van der Waals surface area contributed by atoms with Gasteiger partial charge in [0.15, 0.2) is 11.3 Å². The van der Waals surface area contributed by atoms with Gasteiger partial charge in [0, 0.05) is 19.2 Å². The van der Waals surface area contributed by atoms with Crippen molar-refractivity contribution in [3.63, 3.8) is 0 Å². The average molecular weight is 382 g/mol. The SMILES string of the molecule is COCCNC(=O)c1cnn2c(C(F)(F)F)cc(-c3ccc(F)cc3)nc12. The zero-order chi connectivity index (χ0) is 19.6. The Balaban J connectivity index is 2.13. The summed E-state index contributed by atoms with van der Waals surface area (Å²) in [4.78, 5) is 16.4. The van der Waals surface area contributed by atoms with E-state index in [0.717, 1.165) is 24.4 Å². The summed E-state index contributed by atoms with van der Waals surface area (Å²) in [6.45, 7) is 0.420. The Morgan fingerprint density at radius 2 is 1.96 bits per heavy atom. The smallest absolute Gasteiger partial charge is 0.383 e. The summed E-state index contributed by atoms with van der Waals surface area (Å²) in [6, 6.07) is 5.65. The molecule has 2 aromatic heterocycles. The number of ether oxygens (including phenoxy) is 1. The van der Waals surface area contributed by atoms with Crippen LogP contribution in [0.2, 0.25) is 0 Å². The second-order valence-electron chi connectivity index (χ2n) is 5.57. The first kappa shape index (κ1) is 18.8. The number of nitrogens with zero attached hydrogens (tertiary/aromatic N) is 3. The Kier molecular flexibility index (Phi) is 5.08. The van der Waals surface area contributed by atoms with Gasteiger partial charge < -0.3 is 10.1 Å². The van der Waals surface area contributed by atoms with Crippen LogP contribution in [0.1, 0.15) is 16.1 Å². The largest absolute Gasteiger partial charge is 0.433 e. The lowest BCUT2D eigenvalue weighted by molar-refractivity contribution is -0.142. The van der Waals surface area contributed by atoms with E-state index in [1.807, 2.05) is 0 Å². The predicted molar refractivity (Wildman–Crippen MR) is 87.6 cm³/mol. The second kappa shape index (κ2) is 7.31. The van der Waals surface area contributed by atoms with Crippen molar-refractivity contribution in [2.24, 2.45) is 0 Å². The van der Waals surface area contributed by atoms with E-state index in [9.17, 15) is 22.4 Å². The fraction of sp³-hybridized carbons (Fsp3) is 0.235. The summed E-state index contributed by atoms with van der Waals surface area (Å²) in [5, 5.41) is 6.18. The number of alkyl halides is 3. The number of hydrogen-bond acceptors (Lipinski definition) is 4. The quantitative estimate of drug-likeness (QED) is 0.544. The molecule has 6 nitrogen and oxygen atoms in total. The predicted octanol–water partition coefficient (Wildman–Crippen LogP) is 2.93. The van der Waals surface area contributed by atoms with Gasteiger partial charge >= 0.3 is 6.18 Å². The van der Waals surface area contributed by atoms with Gasteiger partial charge in [-0.2, -0.15) is 18.3 Å². The lowest BCUT2D eigenvalue weighted by Gasteiger charge is -2.11. The third kappa shape index (κ3) is 3.90.